The summed E-state index contributed by atoms with van der Waals surface area (Å²) in [6, 6.07) is 0.291. The van der Waals surface area contributed by atoms with Gasteiger partial charge in [0.05, 0.1) is 5.60 Å². The SMILES string of the molecule is Br.CCCCCCCCCNC1CC(C(C)C)CCC1(C)O. The lowest BCUT2D eigenvalue weighted by atomic mass is 9.72. The van der Waals surface area contributed by atoms with Crippen LogP contribution in [0.1, 0.15) is 91.9 Å². The molecule has 3 heteroatoms. The van der Waals surface area contributed by atoms with Gasteiger partial charge in [-0.15, -0.1) is 17.0 Å². The number of halogens is 1. The molecule has 1 saturated carbocycles. The van der Waals surface area contributed by atoms with E-state index in [2.05, 4.69) is 26.1 Å². The van der Waals surface area contributed by atoms with Crippen LogP contribution in [0.25, 0.3) is 0 Å². The maximum atomic E-state index is 10.6. The normalized spacial score (nSPS) is 28.6. The topological polar surface area (TPSA) is 32.3 Å². The first-order chi connectivity index (χ1) is 9.97. The second kappa shape index (κ2) is 11.9. The summed E-state index contributed by atoms with van der Waals surface area (Å²) < 4.78 is 0. The molecular formula is C19H40BrNO. The van der Waals surface area contributed by atoms with Crippen molar-refractivity contribution in [1.82, 2.24) is 5.32 Å². The highest BCUT2D eigenvalue weighted by Gasteiger charge is 2.38. The number of aliphatic hydroxyl groups is 1. The molecule has 0 bridgehead atoms. The Balaban J connectivity index is 0.00000441. The zero-order valence-corrected chi connectivity index (χ0v) is 17.1. The first-order valence-electron chi connectivity index (χ1n) is 9.43. The molecule has 2 nitrogen and oxygen atoms in total. The zero-order chi connectivity index (χ0) is 15.7. The van der Waals surface area contributed by atoms with E-state index in [9.17, 15) is 5.11 Å². The largest absolute Gasteiger partial charge is 0.389 e. The third-order valence-corrected chi connectivity index (χ3v) is 5.42. The first-order valence-corrected chi connectivity index (χ1v) is 9.43. The lowest BCUT2D eigenvalue weighted by Gasteiger charge is -2.42. The maximum Gasteiger partial charge on any atom is 0.0772 e. The third-order valence-electron chi connectivity index (χ3n) is 5.42. The van der Waals surface area contributed by atoms with Crippen molar-refractivity contribution in [3.8, 4) is 0 Å². The maximum absolute atomic E-state index is 10.6. The molecule has 22 heavy (non-hydrogen) atoms. The van der Waals surface area contributed by atoms with E-state index in [1.54, 1.807) is 0 Å². The van der Waals surface area contributed by atoms with Crippen LogP contribution in [0.5, 0.6) is 0 Å². The number of rotatable bonds is 10. The van der Waals surface area contributed by atoms with E-state index in [-0.39, 0.29) is 17.0 Å². The highest BCUT2D eigenvalue weighted by atomic mass is 79.9. The van der Waals surface area contributed by atoms with Crippen LogP contribution in [0.15, 0.2) is 0 Å². The second-order valence-corrected chi connectivity index (χ2v) is 7.76. The summed E-state index contributed by atoms with van der Waals surface area (Å²) in [5, 5.41) is 14.2. The van der Waals surface area contributed by atoms with E-state index in [0.717, 1.165) is 31.2 Å². The molecule has 0 saturated heterocycles. The van der Waals surface area contributed by atoms with Gasteiger partial charge in [0.25, 0.3) is 0 Å². The molecule has 134 valence electrons. The number of hydrogen-bond acceptors (Lipinski definition) is 2. The fourth-order valence-corrected chi connectivity index (χ4v) is 3.59. The monoisotopic (exact) mass is 377 g/mol. The summed E-state index contributed by atoms with van der Waals surface area (Å²) in [6.45, 7) is 9.99. The Morgan fingerprint density at radius 1 is 1.09 bits per heavy atom. The van der Waals surface area contributed by atoms with E-state index >= 15 is 0 Å². The van der Waals surface area contributed by atoms with Crippen LogP contribution in [-0.2, 0) is 0 Å². The van der Waals surface area contributed by atoms with Gasteiger partial charge in [0, 0.05) is 6.04 Å². The van der Waals surface area contributed by atoms with Crippen LogP contribution < -0.4 is 5.32 Å². The van der Waals surface area contributed by atoms with Crippen molar-refractivity contribution in [2.75, 3.05) is 6.54 Å². The standard InChI is InChI=1S/C19H39NO.BrH/c1-5-6-7-8-9-10-11-14-20-18-15-17(16(2)3)12-13-19(18,4)21;/h16-18,20-21H,5-15H2,1-4H3;1H. The molecule has 1 aliphatic carbocycles. The molecule has 1 aliphatic rings. The van der Waals surface area contributed by atoms with Gasteiger partial charge >= 0.3 is 0 Å². The molecule has 3 unspecified atom stereocenters. The average Bonchev–Trinajstić information content (AvgIpc) is 2.42. The van der Waals surface area contributed by atoms with Crippen LogP contribution in [0.2, 0.25) is 0 Å². The summed E-state index contributed by atoms with van der Waals surface area (Å²) in [5.41, 5.74) is -0.507. The van der Waals surface area contributed by atoms with Crippen LogP contribution in [0, 0.1) is 11.8 Å². The van der Waals surface area contributed by atoms with Gasteiger partial charge in [-0.3, -0.25) is 0 Å². The van der Waals surface area contributed by atoms with Crippen molar-refractivity contribution in [2.24, 2.45) is 11.8 Å². The highest BCUT2D eigenvalue weighted by molar-refractivity contribution is 8.93. The van der Waals surface area contributed by atoms with Crippen molar-refractivity contribution in [2.45, 2.75) is 104 Å². The fourth-order valence-electron chi connectivity index (χ4n) is 3.59. The quantitative estimate of drug-likeness (QED) is 0.493. The van der Waals surface area contributed by atoms with E-state index in [1.165, 1.54) is 51.4 Å². The average molecular weight is 378 g/mol. The Morgan fingerprint density at radius 2 is 1.68 bits per heavy atom. The minimum absolute atomic E-state index is 0. The molecule has 0 spiro atoms. The number of hydrogen-bond donors (Lipinski definition) is 2. The van der Waals surface area contributed by atoms with Crippen molar-refractivity contribution >= 4 is 17.0 Å². The minimum atomic E-state index is -0.507. The summed E-state index contributed by atoms with van der Waals surface area (Å²) >= 11 is 0. The van der Waals surface area contributed by atoms with E-state index in [1.807, 2.05) is 6.92 Å². The van der Waals surface area contributed by atoms with E-state index in [4.69, 9.17) is 0 Å². The summed E-state index contributed by atoms with van der Waals surface area (Å²) in [7, 11) is 0. The highest BCUT2D eigenvalue weighted by Crippen LogP contribution is 2.35. The van der Waals surface area contributed by atoms with Gasteiger partial charge in [0.1, 0.15) is 0 Å². The fraction of sp³-hybridized carbons (Fsp3) is 1.00. The molecule has 0 aliphatic heterocycles. The lowest BCUT2D eigenvalue weighted by molar-refractivity contribution is -0.0302. The molecule has 0 aromatic heterocycles. The predicted octanol–water partition coefficient (Wildman–Crippen LogP) is 5.48. The Hall–Kier alpha value is 0.400. The Bertz CT molecular complexity index is 268. The second-order valence-electron chi connectivity index (χ2n) is 7.76. The molecule has 1 fully saturated rings. The van der Waals surface area contributed by atoms with Crippen LogP contribution >= 0.6 is 17.0 Å². The van der Waals surface area contributed by atoms with Crippen molar-refractivity contribution in [3.63, 3.8) is 0 Å². The van der Waals surface area contributed by atoms with Crippen LogP contribution in [0.4, 0.5) is 0 Å². The molecule has 0 amide bonds. The first kappa shape index (κ1) is 22.4. The molecule has 0 heterocycles. The van der Waals surface area contributed by atoms with Crippen LogP contribution in [-0.4, -0.2) is 23.3 Å². The third kappa shape index (κ3) is 8.31. The van der Waals surface area contributed by atoms with Crippen molar-refractivity contribution in [3.05, 3.63) is 0 Å². The van der Waals surface area contributed by atoms with Gasteiger partial charge in [-0.05, 0) is 51.0 Å². The minimum Gasteiger partial charge on any atom is -0.389 e. The van der Waals surface area contributed by atoms with E-state index < -0.39 is 5.60 Å². The zero-order valence-electron chi connectivity index (χ0n) is 15.4. The van der Waals surface area contributed by atoms with Crippen molar-refractivity contribution < 1.29 is 5.11 Å². The van der Waals surface area contributed by atoms with Gasteiger partial charge in [-0.25, -0.2) is 0 Å². The van der Waals surface area contributed by atoms with Gasteiger partial charge in [-0.1, -0.05) is 59.3 Å². The van der Waals surface area contributed by atoms with Crippen molar-refractivity contribution in [1.29, 1.82) is 0 Å². The molecule has 3 atom stereocenters. The van der Waals surface area contributed by atoms with Gasteiger partial charge < -0.3 is 10.4 Å². The molecule has 0 aromatic carbocycles. The molecular weight excluding hydrogens is 338 g/mol. The summed E-state index contributed by atoms with van der Waals surface area (Å²) in [6.07, 6.45) is 12.7. The lowest BCUT2D eigenvalue weighted by Crippen LogP contribution is -2.53. The number of nitrogens with one attached hydrogen (secondary N) is 1. The Kier molecular flexibility index (Phi) is 12.1. The summed E-state index contributed by atoms with van der Waals surface area (Å²) in [4.78, 5) is 0. The Morgan fingerprint density at radius 3 is 2.27 bits per heavy atom. The molecule has 0 radical (unpaired) electrons. The van der Waals surface area contributed by atoms with Gasteiger partial charge in [0.15, 0.2) is 0 Å². The van der Waals surface area contributed by atoms with Gasteiger partial charge in [0.2, 0.25) is 0 Å². The Labute approximate surface area is 149 Å². The molecule has 2 N–H and O–H groups in total. The smallest absolute Gasteiger partial charge is 0.0772 e. The predicted molar refractivity (Wildman–Crippen MR) is 103 cm³/mol. The number of unbranched alkanes of at least 4 members (excludes halogenated alkanes) is 6. The van der Waals surface area contributed by atoms with Crippen LogP contribution in [0.3, 0.4) is 0 Å². The summed E-state index contributed by atoms with van der Waals surface area (Å²) in [5.74, 6) is 1.51. The molecule has 1 rings (SSSR count). The molecule has 0 aromatic rings. The van der Waals surface area contributed by atoms with Gasteiger partial charge in [-0.2, -0.15) is 0 Å². The van der Waals surface area contributed by atoms with E-state index in [0.29, 0.717) is 6.04 Å².